The molecule has 1 fully saturated rings. The summed E-state index contributed by atoms with van der Waals surface area (Å²) < 4.78 is 9.86. The number of thiophene rings is 1. The number of esters is 2. The van der Waals surface area contributed by atoms with Gasteiger partial charge in [-0.1, -0.05) is 6.92 Å². The van der Waals surface area contributed by atoms with Crippen molar-refractivity contribution in [3.05, 3.63) is 16.5 Å². The molecular weight excluding hydrogens is 362 g/mol. The highest BCUT2D eigenvalue weighted by Gasteiger charge is 2.52. The fourth-order valence-corrected chi connectivity index (χ4v) is 4.31. The van der Waals surface area contributed by atoms with Crippen LogP contribution in [-0.4, -0.2) is 41.1 Å². The van der Waals surface area contributed by atoms with Gasteiger partial charge in [-0.2, -0.15) is 0 Å². The molecule has 2 rings (SSSR count). The molecular formula is C17H23NO5S2. The Morgan fingerprint density at radius 2 is 2.04 bits per heavy atom. The third-order valence-corrected chi connectivity index (χ3v) is 6.12. The maximum absolute atomic E-state index is 12.4. The zero-order valence-corrected chi connectivity index (χ0v) is 16.5. The third kappa shape index (κ3) is 4.76. The molecule has 138 valence electrons. The molecule has 0 saturated heterocycles. The normalized spacial score (nSPS) is 16.0. The number of nitrogens with one attached hydrogen (secondary N) is 1. The summed E-state index contributed by atoms with van der Waals surface area (Å²) in [4.78, 5) is 37.4. The molecule has 0 aromatic carbocycles. The average molecular weight is 386 g/mol. The summed E-state index contributed by atoms with van der Waals surface area (Å²) in [5, 5.41) is 3.08. The van der Waals surface area contributed by atoms with E-state index in [9.17, 15) is 14.4 Å². The highest BCUT2D eigenvalue weighted by atomic mass is 32.2. The first-order chi connectivity index (χ1) is 11.8. The van der Waals surface area contributed by atoms with Gasteiger partial charge in [0.15, 0.2) is 6.10 Å². The Balaban J connectivity index is 2.00. The van der Waals surface area contributed by atoms with Crippen LogP contribution in [0.15, 0.2) is 6.07 Å². The molecule has 0 radical (unpaired) electrons. The second-order valence-corrected chi connectivity index (χ2v) is 8.69. The van der Waals surface area contributed by atoms with Crippen LogP contribution < -0.4 is 5.32 Å². The van der Waals surface area contributed by atoms with E-state index in [2.05, 4.69) is 5.32 Å². The summed E-state index contributed by atoms with van der Waals surface area (Å²) in [6.45, 7) is 7.34. The van der Waals surface area contributed by atoms with Crippen molar-refractivity contribution in [2.24, 2.45) is 0 Å². The first kappa shape index (κ1) is 19.8. The van der Waals surface area contributed by atoms with E-state index in [1.807, 2.05) is 13.8 Å². The lowest BCUT2D eigenvalue weighted by molar-refractivity contribution is -0.153. The van der Waals surface area contributed by atoms with Crippen LogP contribution in [0.25, 0.3) is 0 Å². The second-order valence-electron chi connectivity index (χ2n) is 5.78. The van der Waals surface area contributed by atoms with Crippen LogP contribution in [0.4, 0.5) is 5.00 Å². The number of amides is 1. The lowest BCUT2D eigenvalue weighted by Gasteiger charge is -2.17. The molecule has 1 aliphatic rings. The van der Waals surface area contributed by atoms with Crippen molar-refractivity contribution >= 4 is 45.9 Å². The summed E-state index contributed by atoms with van der Waals surface area (Å²) in [6.07, 6.45) is 0.644. The summed E-state index contributed by atoms with van der Waals surface area (Å²) in [5.41, 5.74) is 0.316. The lowest BCUT2D eigenvalue weighted by Crippen LogP contribution is -2.34. The molecule has 0 aliphatic heterocycles. The molecule has 1 atom stereocenters. The zero-order chi connectivity index (χ0) is 18.6. The van der Waals surface area contributed by atoms with Crippen LogP contribution in [0.3, 0.4) is 0 Å². The van der Waals surface area contributed by atoms with E-state index in [1.165, 1.54) is 18.3 Å². The van der Waals surface area contributed by atoms with Gasteiger partial charge in [-0.3, -0.25) is 9.59 Å². The highest BCUT2D eigenvalue weighted by molar-refractivity contribution is 8.01. The van der Waals surface area contributed by atoms with Crippen molar-refractivity contribution in [2.45, 2.75) is 51.4 Å². The van der Waals surface area contributed by atoms with Crippen LogP contribution in [0.1, 0.15) is 48.8 Å². The Hall–Kier alpha value is -1.54. The van der Waals surface area contributed by atoms with Gasteiger partial charge in [0.25, 0.3) is 5.91 Å². The van der Waals surface area contributed by atoms with Crippen molar-refractivity contribution in [1.82, 2.24) is 0 Å². The van der Waals surface area contributed by atoms with E-state index in [0.717, 1.165) is 23.5 Å². The van der Waals surface area contributed by atoms with Crippen molar-refractivity contribution in [1.29, 1.82) is 0 Å². The van der Waals surface area contributed by atoms with Gasteiger partial charge in [-0.25, -0.2) is 4.79 Å². The van der Waals surface area contributed by atoms with Gasteiger partial charge in [-0.15, -0.1) is 23.1 Å². The minimum Gasteiger partial charge on any atom is -0.462 e. The number of anilines is 1. The Morgan fingerprint density at radius 1 is 1.36 bits per heavy atom. The smallest absolute Gasteiger partial charge is 0.341 e. The van der Waals surface area contributed by atoms with Crippen molar-refractivity contribution in [3.63, 3.8) is 0 Å². The standard InChI is InChI=1S/C17H23NO5S2/c1-5-22-15(20)12-9-10(3)25-14(12)18-13(19)11(4)23-16(21)17(7-8-17)24-6-2/h9,11H,5-8H2,1-4H3,(H,18,19). The Labute approximate surface area is 155 Å². The molecule has 0 spiro atoms. The SMILES string of the molecule is CCOC(=O)c1cc(C)sc1NC(=O)C(C)OC(=O)C1(SCC)CC1. The van der Waals surface area contributed by atoms with Gasteiger partial charge < -0.3 is 14.8 Å². The molecule has 6 nitrogen and oxygen atoms in total. The van der Waals surface area contributed by atoms with Crippen molar-refractivity contribution < 1.29 is 23.9 Å². The number of aryl methyl sites for hydroxylation is 1. The van der Waals surface area contributed by atoms with E-state index < -0.39 is 22.7 Å². The molecule has 1 saturated carbocycles. The molecule has 1 aliphatic carbocycles. The number of hydrogen-bond donors (Lipinski definition) is 1. The molecule has 1 aromatic rings. The minimum atomic E-state index is -0.931. The Kier molecular flexibility index (Phi) is 6.51. The fourth-order valence-electron chi connectivity index (χ4n) is 2.30. The van der Waals surface area contributed by atoms with Crippen LogP contribution in [-0.2, 0) is 19.1 Å². The molecule has 1 heterocycles. The molecule has 1 amide bonds. The van der Waals surface area contributed by atoms with Gasteiger partial charge in [0.05, 0.1) is 12.2 Å². The van der Waals surface area contributed by atoms with E-state index in [-0.39, 0.29) is 12.6 Å². The maximum atomic E-state index is 12.4. The van der Waals surface area contributed by atoms with Crippen LogP contribution in [0, 0.1) is 6.92 Å². The molecule has 1 aromatic heterocycles. The molecule has 0 bridgehead atoms. The number of hydrogen-bond acceptors (Lipinski definition) is 7. The predicted molar refractivity (Wildman–Crippen MR) is 99.3 cm³/mol. The predicted octanol–water partition coefficient (Wildman–Crippen LogP) is 3.39. The molecule has 25 heavy (non-hydrogen) atoms. The average Bonchev–Trinajstić information content (AvgIpc) is 3.24. The van der Waals surface area contributed by atoms with E-state index in [1.54, 1.807) is 24.8 Å². The van der Waals surface area contributed by atoms with E-state index >= 15 is 0 Å². The number of rotatable bonds is 8. The molecule has 8 heteroatoms. The fraction of sp³-hybridized carbons (Fsp3) is 0.588. The minimum absolute atomic E-state index is 0.256. The lowest BCUT2D eigenvalue weighted by atomic mass is 10.3. The molecule has 1 N–H and O–H groups in total. The van der Waals surface area contributed by atoms with E-state index in [0.29, 0.717) is 10.6 Å². The number of carbonyl (C=O) groups excluding carboxylic acids is 3. The Bertz CT molecular complexity index is 666. The van der Waals surface area contributed by atoms with Gasteiger partial charge in [0.2, 0.25) is 0 Å². The Morgan fingerprint density at radius 3 is 2.60 bits per heavy atom. The summed E-state index contributed by atoms with van der Waals surface area (Å²) in [6, 6.07) is 1.67. The van der Waals surface area contributed by atoms with Gasteiger partial charge in [0.1, 0.15) is 9.75 Å². The van der Waals surface area contributed by atoms with Crippen LogP contribution in [0.2, 0.25) is 0 Å². The highest BCUT2D eigenvalue weighted by Crippen LogP contribution is 2.49. The quantitative estimate of drug-likeness (QED) is 0.691. The second kappa shape index (κ2) is 8.23. The molecule has 1 unspecified atom stereocenters. The topological polar surface area (TPSA) is 81.7 Å². The van der Waals surface area contributed by atoms with Crippen molar-refractivity contribution in [2.75, 3.05) is 17.7 Å². The first-order valence-electron chi connectivity index (χ1n) is 8.26. The summed E-state index contributed by atoms with van der Waals surface area (Å²) >= 11 is 2.84. The summed E-state index contributed by atoms with van der Waals surface area (Å²) in [7, 11) is 0. The van der Waals surface area contributed by atoms with Gasteiger partial charge in [0, 0.05) is 4.88 Å². The zero-order valence-electron chi connectivity index (χ0n) is 14.8. The van der Waals surface area contributed by atoms with Crippen molar-refractivity contribution in [3.8, 4) is 0 Å². The first-order valence-corrected chi connectivity index (χ1v) is 10.1. The van der Waals surface area contributed by atoms with Gasteiger partial charge in [-0.05, 0) is 45.4 Å². The maximum Gasteiger partial charge on any atom is 0.341 e. The number of carbonyl (C=O) groups is 3. The van der Waals surface area contributed by atoms with Crippen LogP contribution in [0.5, 0.6) is 0 Å². The van der Waals surface area contributed by atoms with E-state index in [4.69, 9.17) is 9.47 Å². The third-order valence-electron chi connectivity index (χ3n) is 3.74. The number of thioether (sulfide) groups is 1. The van der Waals surface area contributed by atoms with Gasteiger partial charge >= 0.3 is 11.9 Å². The monoisotopic (exact) mass is 385 g/mol. The number of ether oxygens (including phenoxy) is 2. The summed E-state index contributed by atoms with van der Waals surface area (Å²) in [5.74, 6) is -0.455. The largest absolute Gasteiger partial charge is 0.462 e. The van der Waals surface area contributed by atoms with Crippen LogP contribution >= 0.6 is 23.1 Å².